The molecule has 4 nitrogen and oxygen atoms in total. The van der Waals surface area contributed by atoms with Gasteiger partial charge in [-0.05, 0) is 61.8 Å². The van der Waals surface area contributed by atoms with E-state index in [1.54, 1.807) is 7.11 Å². The number of nitrogens with one attached hydrogen (secondary N) is 1. The first kappa shape index (κ1) is 13.6. The highest BCUT2D eigenvalue weighted by Gasteiger charge is 2.67. The summed E-state index contributed by atoms with van der Waals surface area (Å²) in [6.07, 6.45) is 7.50. The van der Waals surface area contributed by atoms with E-state index < -0.39 is 0 Å². The van der Waals surface area contributed by atoms with Crippen molar-refractivity contribution in [1.29, 1.82) is 0 Å². The van der Waals surface area contributed by atoms with Crippen molar-refractivity contribution in [2.75, 3.05) is 13.7 Å². The van der Waals surface area contributed by atoms with E-state index in [-0.39, 0.29) is 0 Å². The van der Waals surface area contributed by atoms with Crippen molar-refractivity contribution < 1.29 is 4.74 Å². The zero-order valence-electron chi connectivity index (χ0n) is 13.4. The molecule has 21 heavy (non-hydrogen) atoms. The van der Waals surface area contributed by atoms with Crippen LogP contribution in [0.5, 0.6) is 5.75 Å². The minimum absolute atomic E-state index is 0.422. The molecule has 0 radical (unpaired) electrons. The molecular formula is C17H27N3O. The van der Waals surface area contributed by atoms with Crippen molar-refractivity contribution in [1.82, 2.24) is 15.1 Å². The summed E-state index contributed by atoms with van der Waals surface area (Å²) in [5.41, 5.74) is 1.25. The van der Waals surface area contributed by atoms with Gasteiger partial charge in [0.15, 0.2) is 5.75 Å². The van der Waals surface area contributed by atoms with Gasteiger partial charge in [0.1, 0.15) is 0 Å². The van der Waals surface area contributed by atoms with Gasteiger partial charge in [-0.1, -0.05) is 6.92 Å². The number of aryl methyl sites for hydroxylation is 1. The maximum Gasteiger partial charge on any atom is 0.161 e. The highest BCUT2D eigenvalue weighted by molar-refractivity contribution is 5.32. The smallest absolute Gasteiger partial charge is 0.161 e. The number of rotatable bonds is 6. The van der Waals surface area contributed by atoms with Gasteiger partial charge in [0.05, 0.1) is 25.0 Å². The van der Waals surface area contributed by atoms with E-state index >= 15 is 0 Å². The number of hydrogen-bond acceptors (Lipinski definition) is 3. The third-order valence-electron chi connectivity index (χ3n) is 6.26. The third kappa shape index (κ3) is 1.95. The first-order valence-corrected chi connectivity index (χ1v) is 8.55. The Kier molecular flexibility index (Phi) is 3.25. The van der Waals surface area contributed by atoms with Crippen molar-refractivity contribution in [3.05, 3.63) is 11.9 Å². The molecule has 0 spiro atoms. The number of methoxy groups -OCH3 is 1. The minimum atomic E-state index is 0.422. The van der Waals surface area contributed by atoms with Crippen LogP contribution in [-0.4, -0.2) is 23.4 Å². The summed E-state index contributed by atoms with van der Waals surface area (Å²) in [7, 11) is 3.81. The molecule has 116 valence electrons. The summed E-state index contributed by atoms with van der Waals surface area (Å²) < 4.78 is 7.59. The lowest BCUT2D eigenvalue weighted by Gasteiger charge is -2.23. The van der Waals surface area contributed by atoms with Crippen LogP contribution in [0.4, 0.5) is 0 Å². The molecule has 1 aromatic heterocycles. The predicted molar refractivity (Wildman–Crippen MR) is 82.1 cm³/mol. The molecule has 3 fully saturated rings. The molecule has 2 bridgehead atoms. The van der Waals surface area contributed by atoms with Crippen LogP contribution >= 0.6 is 0 Å². The number of ether oxygens (including phenoxy) is 1. The van der Waals surface area contributed by atoms with E-state index in [0.29, 0.717) is 6.04 Å². The molecule has 0 aliphatic heterocycles. The van der Waals surface area contributed by atoms with E-state index in [2.05, 4.69) is 17.3 Å². The molecule has 0 aromatic carbocycles. The molecule has 1 N–H and O–H groups in total. The van der Waals surface area contributed by atoms with Crippen molar-refractivity contribution in [2.24, 2.45) is 36.6 Å². The largest absolute Gasteiger partial charge is 0.493 e. The molecule has 4 rings (SSSR count). The molecule has 3 saturated carbocycles. The molecule has 1 heterocycles. The van der Waals surface area contributed by atoms with Gasteiger partial charge in [-0.25, -0.2) is 0 Å². The fourth-order valence-electron chi connectivity index (χ4n) is 5.49. The Morgan fingerprint density at radius 2 is 2.10 bits per heavy atom. The summed E-state index contributed by atoms with van der Waals surface area (Å²) in [4.78, 5) is 0. The first-order chi connectivity index (χ1) is 10.3. The number of hydrogen-bond donors (Lipinski definition) is 1. The molecule has 4 heteroatoms. The summed E-state index contributed by atoms with van der Waals surface area (Å²) in [6, 6.07) is 0.422. The fourth-order valence-corrected chi connectivity index (χ4v) is 5.49. The van der Waals surface area contributed by atoms with Gasteiger partial charge in [-0.2, -0.15) is 5.10 Å². The lowest BCUT2D eigenvalue weighted by Crippen LogP contribution is -2.28. The number of aromatic nitrogens is 2. The third-order valence-corrected chi connectivity index (χ3v) is 6.26. The second kappa shape index (κ2) is 5.01. The Balaban J connectivity index is 1.62. The topological polar surface area (TPSA) is 39.1 Å². The van der Waals surface area contributed by atoms with Crippen LogP contribution in [0.25, 0.3) is 0 Å². The van der Waals surface area contributed by atoms with Crippen LogP contribution in [0.3, 0.4) is 0 Å². The average molecular weight is 289 g/mol. The monoisotopic (exact) mass is 289 g/mol. The Morgan fingerprint density at radius 3 is 2.71 bits per heavy atom. The van der Waals surface area contributed by atoms with Crippen molar-refractivity contribution in [2.45, 2.75) is 38.6 Å². The molecule has 3 aliphatic rings. The maximum absolute atomic E-state index is 5.57. The van der Waals surface area contributed by atoms with Crippen LogP contribution in [0, 0.1) is 29.6 Å². The number of fused-ring (bicyclic) bond motifs is 5. The summed E-state index contributed by atoms with van der Waals surface area (Å²) in [5, 5.41) is 8.23. The summed E-state index contributed by atoms with van der Waals surface area (Å²) in [6.45, 7) is 3.31. The Morgan fingerprint density at radius 1 is 1.38 bits per heavy atom. The van der Waals surface area contributed by atoms with Crippen LogP contribution in [0.15, 0.2) is 6.20 Å². The highest BCUT2D eigenvalue weighted by atomic mass is 16.5. The molecule has 1 aromatic rings. The van der Waals surface area contributed by atoms with E-state index in [4.69, 9.17) is 4.74 Å². The Labute approximate surface area is 127 Å². The minimum Gasteiger partial charge on any atom is -0.493 e. The normalized spacial score (nSPS) is 37.6. The van der Waals surface area contributed by atoms with E-state index in [1.165, 1.54) is 31.4 Å². The maximum atomic E-state index is 5.57. The van der Waals surface area contributed by atoms with Crippen LogP contribution < -0.4 is 10.1 Å². The van der Waals surface area contributed by atoms with Gasteiger partial charge in [-0.3, -0.25) is 4.68 Å². The highest BCUT2D eigenvalue weighted by Crippen LogP contribution is 2.72. The fraction of sp³-hybridized carbons (Fsp3) is 0.824. The van der Waals surface area contributed by atoms with Crippen molar-refractivity contribution >= 4 is 0 Å². The van der Waals surface area contributed by atoms with E-state index in [9.17, 15) is 0 Å². The van der Waals surface area contributed by atoms with Gasteiger partial charge in [0.2, 0.25) is 0 Å². The lowest BCUT2D eigenvalue weighted by atomic mass is 9.95. The van der Waals surface area contributed by atoms with Gasteiger partial charge in [0, 0.05) is 7.05 Å². The van der Waals surface area contributed by atoms with Crippen molar-refractivity contribution in [3.63, 3.8) is 0 Å². The van der Waals surface area contributed by atoms with Crippen LogP contribution in [-0.2, 0) is 7.05 Å². The van der Waals surface area contributed by atoms with Crippen LogP contribution in [0.1, 0.15) is 44.3 Å². The molecule has 3 aliphatic carbocycles. The van der Waals surface area contributed by atoms with Gasteiger partial charge < -0.3 is 10.1 Å². The second-order valence-electron chi connectivity index (χ2n) is 7.22. The molecule has 5 atom stereocenters. The quantitative estimate of drug-likeness (QED) is 0.875. The second-order valence-corrected chi connectivity index (χ2v) is 7.22. The van der Waals surface area contributed by atoms with E-state index in [1.807, 2.05) is 17.9 Å². The van der Waals surface area contributed by atoms with Gasteiger partial charge in [0.25, 0.3) is 0 Å². The number of nitrogens with zero attached hydrogens (tertiary/aromatic N) is 2. The molecular weight excluding hydrogens is 262 g/mol. The standard InChI is InChI=1S/C17H27N3O/c1-4-7-18-16(17-12(21-3)9-19-20(17)2)15-13-10-5-6-11(8-10)14(13)15/h9-11,13-16,18H,4-8H2,1-3H3. The molecule has 5 unspecified atom stereocenters. The van der Waals surface area contributed by atoms with Crippen molar-refractivity contribution in [3.8, 4) is 5.75 Å². The SMILES string of the molecule is CCCNC(c1c(OC)cnn1C)C1C2C3CCC(C3)C21. The lowest BCUT2D eigenvalue weighted by molar-refractivity contribution is 0.339. The van der Waals surface area contributed by atoms with E-state index in [0.717, 1.165) is 41.9 Å². The molecule has 0 amide bonds. The Hall–Kier alpha value is -1.03. The first-order valence-electron chi connectivity index (χ1n) is 8.55. The zero-order valence-corrected chi connectivity index (χ0v) is 13.4. The average Bonchev–Trinajstić information content (AvgIpc) is 2.81. The summed E-state index contributed by atoms with van der Waals surface area (Å²) in [5.74, 6) is 5.72. The molecule has 0 saturated heterocycles. The van der Waals surface area contributed by atoms with Crippen LogP contribution in [0.2, 0.25) is 0 Å². The summed E-state index contributed by atoms with van der Waals surface area (Å²) >= 11 is 0. The zero-order chi connectivity index (χ0) is 14.6. The van der Waals surface area contributed by atoms with Gasteiger partial charge >= 0.3 is 0 Å². The van der Waals surface area contributed by atoms with Gasteiger partial charge in [-0.15, -0.1) is 0 Å². The predicted octanol–water partition coefficient (Wildman–Crippen LogP) is 2.76. The Bertz CT molecular complexity index is 510.